The van der Waals surface area contributed by atoms with Crippen molar-refractivity contribution in [2.75, 3.05) is 11.9 Å². The predicted molar refractivity (Wildman–Crippen MR) is 68.8 cm³/mol. The van der Waals surface area contributed by atoms with Gasteiger partial charge in [-0.2, -0.15) is 0 Å². The summed E-state index contributed by atoms with van der Waals surface area (Å²) in [6.45, 7) is 2.22. The quantitative estimate of drug-likeness (QED) is 0.727. The van der Waals surface area contributed by atoms with Gasteiger partial charge in [0.2, 0.25) is 5.91 Å². The Morgan fingerprint density at radius 3 is 2.65 bits per heavy atom. The second-order valence-corrected chi connectivity index (χ2v) is 4.82. The smallest absolute Gasteiger partial charge is 0.246 e. The number of anilines is 1. The Labute approximate surface area is 101 Å². The van der Waals surface area contributed by atoms with Gasteiger partial charge in [-0.05, 0) is 55.9 Å². The fourth-order valence-electron chi connectivity index (χ4n) is 2.65. The van der Waals surface area contributed by atoms with E-state index >= 15 is 0 Å². The maximum absolute atomic E-state index is 11.5. The van der Waals surface area contributed by atoms with Crippen molar-refractivity contribution < 1.29 is 4.79 Å². The summed E-state index contributed by atoms with van der Waals surface area (Å²) in [4.78, 5) is 15.8. The summed E-state index contributed by atoms with van der Waals surface area (Å²) in [7, 11) is 0. The maximum Gasteiger partial charge on any atom is 0.246 e. The molecule has 1 amide bonds. The lowest BCUT2D eigenvalue weighted by molar-refractivity contribution is -0.114. The van der Waals surface area contributed by atoms with Crippen molar-refractivity contribution in [3.05, 3.63) is 28.8 Å². The molecule has 88 valence electrons. The highest BCUT2D eigenvalue weighted by molar-refractivity contribution is 6.10. The first-order chi connectivity index (χ1) is 8.24. The van der Waals surface area contributed by atoms with Crippen LogP contribution in [0.25, 0.3) is 0 Å². The van der Waals surface area contributed by atoms with Gasteiger partial charge >= 0.3 is 0 Å². The largest absolute Gasteiger partial charge is 0.324 e. The molecule has 17 heavy (non-hydrogen) atoms. The fourth-order valence-corrected chi connectivity index (χ4v) is 2.65. The Morgan fingerprint density at radius 2 is 1.88 bits per heavy atom. The molecule has 0 bridgehead atoms. The molecule has 0 radical (unpaired) electrons. The van der Waals surface area contributed by atoms with Crippen LogP contribution < -0.4 is 5.32 Å². The first kappa shape index (κ1) is 10.5. The fraction of sp³-hybridized carbons (Fsp3) is 0.429. The molecule has 0 saturated carbocycles. The Morgan fingerprint density at radius 1 is 1.18 bits per heavy atom. The molecule has 3 nitrogen and oxygen atoms in total. The molecular formula is C14H16N2O. The van der Waals surface area contributed by atoms with Crippen LogP contribution in [-0.4, -0.2) is 18.2 Å². The third kappa shape index (κ3) is 1.86. The predicted octanol–water partition coefficient (Wildman–Crippen LogP) is 2.33. The highest BCUT2D eigenvalue weighted by atomic mass is 16.1. The number of hydrogen-bond donors (Lipinski definition) is 1. The van der Waals surface area contributed by atoms with Crippen LogP contribution in [0.2, 0.25) is 0 Å². The number of rotatable bonds is 0. The van der Waals surface area contributed by atoms with Gasteiger partial charge in [0, 0.05) is 11.3 Å². The minimum absolute atomic E-state index is 0.0149. The summed E-state index contributed by atoms with van der Waals surface area (Å²) in [5.74, 6) is -0.0149. The lowest BCUT2D eigenvalue weighted by Gasteiger charge is -2.19. The van der Waals surface area contributed by atoms with E-state index in [0.29, 0.717) is 0 Å². The molecule has 1 aromatic rings. The lowest BCUT2D eigenvalue weighted by Crippen LogP contribution is -2.14. The SMILES string of the molecule is CC1=NCC(=O)Nc2cc3c(cc21)CCCC3. The zero-order chi connectivity index (χ0) is 11.8. The monoisotopic (exact) mass is 228 g/mol. The number of nitrogens with zero attached hydrogens (tertiary/aromatic N) is 1. The van der Waals surface area contributed by atoms with Crippen LogP contribution in [0.4, 0.5) is 5.69 Å². The van der Waals surface area contributed by atoms with Crippen LogP contribution in [-0.2, 0) is 17.6 Å². The van der Waals surface area contributed by atoms with E-state index in [1.54, 1.807) is 0 Å². The van der Waals surface area contributed by atoms with E-state index in [1.165, 1.54) is 24.0 Å². The summed E-state index contributed by atoms with van der Waals surface area (Å²) in [6, 6.07) is 4.36. The zero-order valence-electron chi connectivity index (χ0n) is 10.0. The Kier molecular flexibility index (Phi) is 2.46. The third-order valence-electron chi connectivity index (χ3n) is 3.61. The Hall–Kier alpha value is -1.64. The number of aliphatic imine (C=N–C) groups is 1. The topological polar surface area (TPSA) is 41.5 Å². The summed E-state index contributed by atoms with van der Waals surface area (Å²) >= 11 is 0. The van der Waals surface area contributed by atoms with E-state index in [2.05, 4.69) is 22.4 Å². The molecule has 2 aliphatic rings. The van der Waals surface area contributed by atoms with Crippen molar-refractivity contribution in [2.24, 2.45) is 4.99 Å². The van der Waals surface area contributed by atoms with E-state index in [-0.39, 0.29) is 12.5 Å². The second kappa shape index (κ2) is 3.99. The van der Waals surface area contributed by atoms with Gasteiger partial charge < -0.3 is 5.32 Å². The number of carbonyl (C=O) groups is 1. The van der Waals surface area contributed by atoms with Gasteiger partial charge in [-0.25, -0.2) is 0 Å². The van der Waals surface area contributed by atoms with Gasteiger partial charge in [-0.1, -0.05) is 0 Å². The van der Waals surface area contributed by atoms with E-state index in [9.17, 15) is 4.79 Å². The van der Waals surface area contributed by atoms with Gasteiger partial charge in [0.25, 0.3) is 0 Å². The van der Waals surface area contributed by atoms with Gasteiger partial charge in [0.1, 0.15) is 6.54 Å². The van der Waals surface area contributed by atoms with Gasteiger partial charge in [0.05, 0.1) is 5.69 Å². The number of carbonyl (C=O) groups excluding carboxylic acids is 1. The molecule has 1 aliphatic heterocycles. The summed E-state index contributed by atoms with van der Waals surface area (Å²) < 4.78 is 0. The minimum atomic E-state index is -0.0149. The average molecular weight is 228 g/mol. The van der Waals surface area contributed by atoms with Crippen LogP contribution in [0, 0.1) is 0 Å². The molecule has 0 fully saturated rings. The van der Waals surface area contributed by atoms with Crippen LogP contribution >= 0.6 is 0 Å². The van der Waals surface area contributed by atoms with Crippen molar-refractivity contribution in [3.63, 3.8) is 0 Å². The lowest BCUT2D eigenvalue weighted by atomic mass is 9.89. The van der Waals surface area contributed by atoms with Crippen molar-refractivity contribution in [1.82, 2.24) is 0 Å². The van der Waals surface area contributed by atoms with E-state index in [1.807, 2.05) is 6.92 Å². The minimum Gasteiger partial charge on any atom is -0.324 e. The number of amides is 1. The molecule has 1 heterocycles. The van der Waals surface area contributed by atoms with Gasteiger partial charge in [0.15, 0.2) is 0 Å². The number of nitrogens with one attached hydrogen (secondary N) is 1. The maximum atomic E-state index is 11.5. The standard InChI is InChI=1S/C14H16N2O/c1-9-12-6-10-4-2-3-5-11(10)7-13(12)16-14(17)8-15-9/h6-7H,2-5,8H2,1H3,(H,16,17). The molecule has 0 unspecified atom stereocenters. The van der Waals surface area contributed by atoms with E-state index in [0.717, 1.165) is 29.8 Å². The van der Waals surface area contributed by atoms with Crippen molar-refractivity contribution in [2.45, 2.75) is 32.6 Å². The highest BCUT2D eigenvalue weighted by Gasteiger charge is 2.18. The molecule has 1 aromatic carbocycles. The summed E-state index contributed by atoms with van der Waals surface area (Å²) in [5, 5.41) is 2.95. The first-order valence-electron chi connectivity index (χ1n) is 6.21. The highest BCUT2D eigenvalue weighted by Crippen LogP contribution is 2.29. The van der Waals surface area contributed by atoms with Crippen molar-refractivity contribution >= 4 is 17.3 Å². The molecular weight excluding hydrogens is 212 g/mol. The molecule has 0 spiro atoms. The number of hydrogen-bond acceptors (Lipinski definition) is 2. The molecule has 3 heteroatoms. The second-order valence-electron chi connectivity index (χ2n) is 4.82. The first-order valence-corrected chi connectivity index (χ1v) is 6.21. The third-order valence-corrected chi connectivity index (χ3v) is 3.61. The van der Waals surface area contributed by atoms with Gasteiger partial charge in [-0.3, -0.25) is 9.79 Å². The summed E-state index contributed by atoms with van der Waals surface area (Å²) in [6.07, 6.45) is 4.82. The normalized spacial score (nSPS) is 18.6. The van der Waals surface area contributed by atoms with Crippen molar-refractivity contribution in [1.29, 1.82) is 0 Å². The molecule has 0 saturated heterocycles. The van der Waals surface area contributed by atoms with Crippen LogP contribution in [0.1, 0.15) is 36.5 Å². The summed E-state index contributed by atoms with van der Waals surface area (Å²) in [5.41, 5.74) is 5.82. The molecule has 0 atom stereocenters. The Balaban J connectivity index is 2.14. The molecule has 1 N–H and O–H groups in total. The number of fused-ring (bicyclic) bond motifs is 2. The molecule has 0 aromatic heterocycles. The number of aryl methyl sites for hydroxylation is 2. The van der Waals surface area contributed by atoms with Gasteiger partial charge in [-0.15, -0.1) is 0 Å². The van der Waals surface area contributed by atoms with Crippen LogP contribution in [0.3, 0.4) is 0 Å². The van der Waals surface area contributed by atoms with Crippen molar-refractivity contribution in [3.8, 4) is 0 Å². The molecule has 3 rings (SSSR count). The van der Waals surface area contributed by atoms with Crippen LogP contribution in [0.15, 0.2) is 17.1 Å². The Bertz CT molecular complexity index is 517. The average Bonchev–Trinajstić information content (AvgIpc) is 2.47. The van der Waals surface area contributed by atoms with E-state index < -0.39 is 0 Å². The van der Waals surface area contributed by atoms with Crippen LogP contribution in [0.5, 0.6) is 0 Å². The zero-order valence-corrected chi connectivity index (χ0v) is 10.0. The molecule has 1 aliphatic carbocycles. The van der Waals surface area contributed by atoms with E-state index in [4.69, 9.17) is 0 Å². The number of benzene rings is 1.